The average molecular weight is 168 g/mol. The van der Waals surface area contributed by atoms with E-state index < -0.39 is 5.76 Å². The van der Waals surface area contributed by atoms with Crippen molar-refractivity contribution in [2.45, 2.75) is 26.8 Å². The Bertz CT molecular complexity index is 317. The van der Waals surface area contributed by atoms with E-state index >= 15 is 0 Å². The Labute approximate surface area is 70.6 Å². The molecule has 12 heavy (non-hydrogen) atoms. The van der Waals surface area contributed by atoms with Crippen LogP contribution in [0.5, 0.6) is 0 Å². The van der Waals surface area contributed by atoms with Crippen molar-refractivity contribution in [3.8, 4) is 0 Å². The third-order valence-corrected chi connectivity index (χ3v) is 1.24. The second kappa shape index (κ2) is 3.38. The van der Waals surface area contributed by atoms with Crippen LogP contribution in [0.3, 0.4) is 0 Å². The summed E-state index contributed by atoms with van der Waals surface area (Å²) in [6, 6.07) is 1.94. The number of hydrogen-bond acceptors (Lipinski definition) is 4. The number of anilines is 1. The predicted molar refractivity (Wildman–Crippen MR) is 46.3 cm³/mol. The number of aromatic nitrogens is 1. The number of aryl methyl sites for hydroxylation is 1. The van der Waals surface area contributed by atoms with Crippen molar-refractivity contribution in [2.75, 3.05) is 5.32 Å². The first-order chi connectivity index (χ1) is 5.58. The topological polar surface area (TPSA) is 55.1 Å². The molecule has 4 nitrogen and oxygen atoms in total. The zero-order valence-electron chi connectivity index (χ0n) is 7.42. The molecule has 1 rings (SSSR count). The SMILES string of the molecule is Cc1cc(NC(C)C)oc(=O)n1. The van der Waals surface area contributed by atoms with Crippen molar-refractivity contribution in [1.29, 1.82) is 0 Å². The Morgan fingerprint density at radius 3 is 2.75 bits per heavy atom. The van der Waals surface area contributed by atoms with Gasteiger partial charge in [-0.2, -0.15) is 4.98 Å². The van der Waals surface area contributed by atoms with E-state index in [0.717, 1.165) is 0 Å². The van der Waals surface area contributed by atoms with E-state index in [-0.39, 0.29) is 6.04 Å². The van der Waals surface area contributed by atoms with Crippen molar-refractivity contribution < 1.29 is 4.42 Å². The van der Waals surface area contributed by atoms with Crippen molar-refractivity contribution in [3.63, 3.8) is 0 Å². The van der Waals surface area contributed by atoms with E-state index in [4.69, 9.17) is 4.42 Å². The van der Waals surface area contributed by atoms with Crippen LogP contribution in [0.2, 0.25) is 0 Å². The molecule has 0 fully saturated rings. The lowest BCUT2D eigenvalue weighted by molar-refractivity contribution is 0.490. The van der Waals surface area contributed by atoms with Gasteiger partial charge < -0.3 is 9.73 Å². The maximum absolute atomic E-state index is 10.8. The van der Waals surface area contributed by atoms with Crippen LogP contribution in [0.15, 0.2) is 15.3 Å². The average Bonchev–Trinajstić information content (AvgIpc) is 1.81. The molecule has 0 spiro atoms. The molecular weight excluding hydrogens is 156 g/mol. The summed E-state index contributed by atoms with van der Waals surface area (Å²) in [5.74, 6) is -0.0827. The van der Waals surface area contributed by atoms with Gasteiger partial charge in [-0.15, -0.1) is 0 Å². The minimum atomic E-state index is -0.557. The quantitative estimate of drug-likeness (QED) is 0.720. The van der Waals surface area contributed by atoms with Gasteiger partial charge >= 0.3 is 5.76 Å². The minimum absolute atomic E-state index is 0.245. The molecular formula is C8H12N2O2. The summed E-state index contributed by atoms with van der Waals surface area (Å²) in [7, 11) is 0. The van der Waals surface area contributed by atoms with Crippen molar-refractivity contribution in [2.24, 2.45) is 0 Å². The maximum Gasteiger partial charge on any atom is 0.440 e. The molecule has 0 amide bonds. The standard InChI is InChI=1S/C8H12N2O2/c1-5(2)9-7-4-6(3)10-8(11)12-7/h4-5,9H,1-3H3. The van der Waals surface area contributed by atoms with Gasteiger partial charge in [0.1, 0.15) is 0 Å². The molecule has 0 radical (unpaired) electrons. The third-order valence-electron chi connectivity index (χ3n) is 1.24. The van der Waals surface area contributed by atoms with Gasteiger partial charge in [0.2, 0.25) is 5.88 Å². The first kappa shape index (κ1) is 8.77. The summed E-state index contributed by atoms with van der Waals surface area (Å²) in [4.78, 5) is 14.4. The highest BCUT2D eigenvalue weighted by Gasteiger charge is 2.00. The molecule has 1 N–H and O–H groups in total. The molecule has 66 valence electrons. The lowest BCUT2D eigenvalue weighted by Gasteiger charge is -2.06. The molecule has 0 saturated carbocycles. The van der Waals surface area contributed by atoms with Crippen LogP contribution in [0.25, 0.3) is 0 Å². The van der Waals surface area contributed by atoms with E-state index in [1.165, 1.54) is 0 Å². The fourth-order valence-electron chi connectivity index (χ4n) is 0.868. The second-order valence-electron chi connectivity index (χ2n) is 2.93. The summed E-state index contributed by atoms with van der Waals surface area (Å²) in [5, 5.41) is 2.98. The highest BCUT2D eigenvalue weighted by Crippen LogP contribution is 2.05. The monoisotopic (exact) mass is 168 g/mol. The molecule has 0 bridgehead atoms. The Morgan fingerprint density at radius 1 is 1.58 bits per heavy atom. The van der Waals surface area contributed by atoms with Gasteiger partial charge in [0, 0.05) is 12.1 Å². The van der Waals surface area contributed by atoms with Crippen LogP contribution >= 0.6 is 0 Å². The van der Waals surface area contributed by atoms with Crippen molar-refractivity contribution >= 4 is 5.88 Å². The molecule has 0 aromatic carbocycles. The van der Waals surface area contributed by atoms with Crippen LogP contribution in [0.4, 0.5) is 5.88 Å². The number of nitrogens with zero attached hydrogens (tertiary/aromatic N) is 1. The molecule has 1 aromatic rings. The third kappa shape index (κ3) is 2.38. The fraction of sp³-hybridized carbons (Fsp3) is 0.500. The van der Waals surface area contributed by atoms with E-state index in [1.54, 1.807) is 13.0 Å². The van der Waals surface area contributed by atoms with Gasteiger partial charge in [0.25, 0.3) is 0 Å². The molecule has 0 atom stereocenters. The molecule has 0 aliphatic heterocycles. The second-order valence-corrected chi connectivity index (χ2v) is 2.93. The van der Waals surface area contributed by atoms with Gasteiger partial charge in [-0.25, -0.2) is 4.79 Å². The zero-order valence-corrected chi connectivity index (χ0v) is 7.42. The summed E-state index contributed by atoms with van der Waals surface area (Å²) >= 11 is 0. The largest absolute Gasteiger partial charge is 0.440 e. The molecule has 0 saturated heterocycles. The molecule has 0 aliphatic rings. The summed E-state index contributed by atoms with van der Waals surface area (Å²) < 4.78 is 4.79. The highest BCUT2D eigenvalue weighted by molar-refractivity contribution is 5.31. The normalized spacial score (nSPS) is 10.3. The molecule has 0 aliphatic carbocycles. The summed E-state index contributed by atoms with van der Waals surface area (Å²) in [6.07, 6.45) is 0. The molecule has 0 unspecified atom stereocenters. The Morgan fingerprint density at radius 2 is 2.25 bits per heavy atom. The van der Waals surface area contributed by atoms with Crippen molar-refractivity contribution in [3.05, 3.63) is 22.3 Å². The molecule has 1 aromatic heterocycles. The van der Waals surface area contributed by atoms with Gasteiger partial charge in [-0.3, -0.25) is 0 Å². The van der Waals surface area contributed by atoms with Crippen LogP contribution in [-0.4, -0.2) is 11.0 Å². The van der Waals surface area contributed by atoms with E-state index in [0.29, 0.717) is 11.6 Å². The van der Waals surface area contributed by atoms with Crippen LogP contribution in [-0.2, 0) is 0 Å². The number of nitrogens with one attached hydrogen (secondary N) is 1. The van der Waals surface area contributed by atoms with Gasteiger partial charge in [0.15, 0.2) is 0 Å². The minimum Gasteiger partial charge on any atom is -0.392 e. The van der Waals surface area contributed by atoms with Crippen LogP contribution in [0.1, 0.15) is 19.5 Å². The maximum atomic E-state index is 10.8. The first-order valence-electron chi connectivity index (χ1n) is 3.83. The molecule has 1 heterocycles. The van der Waals surface area contributed by atoms with E-state index in [9.17, 15) is 4.79 Å². The lowest BCUT2D eigenvalue weighted by atomic mass is 10.4. The van der Waals surface area contributed by atoms with Crippen molar-refractivity contribution in [1.82, 2.24) is 4.98 Å². The Hall–Kier alpha value is -1.32. The first-order valence-corrected chi connectivity index (χ1v) is 3.83. The Balaban J connectivity index is 2.93. The molecule has 4 heteroatoms. The summed E-state index contributed by atoms with van der Waals surface area (Å²) in [6.45, 7) is 5.69. The lowest BCUT2D eigenvalue weighted by Crippen LogP contribution is -2.13. The number of rotatable bonds is 2. The van der Waals surface area contributed by atoms with E-state index in [2.05, 4.69) is 10.3 Å². The number of hydrogen-bond donors (Lipinski definition) is 1. The Kier molecular flexibility index (Phi) is 2.47. The van der Waals surface area contributed by atoms with Gasteiger partial charge in [-0.05, 0) is 20.8 Å². The van der Waals surface area contributed by atoms with Crippen LogP contribution < -0.4 is 11.1 Å². The van der Waals surface area contributed by atoms with Gasteiger partial charge in [-0.1, -0.05) is 0 Å². The highest BCUT2D eigenvalue weighted by atomic mass is 16.4. The fourth-order valence-corrected chi connectivity index (χ4v) is 0.868. The van der Waals surface area contributed by atoms with Gasteiger partial charge in [0.05, 0.1) is 5.69 Å². The zero-order chi connectivity index (χ0) is 9.14. The van der Waals surface area contributed by atoms with E-state index in [1.807, 2.05) is 13.8 Å². The smallest absolute Gasteiger partial charge is 0.392 e. The predicted octanol–water partition coefficient (Wildman–Crippen LogP) is 1.16. The summed E-state index contributed by atoms with van der Waals surface area (Å²) in [5.41, 5.74) is 0.661. The van der Waals surface area contributed by atoms with Crippen LogP contribution in [0, 0.1) is 6.92 Å².